The van der Waals surface area contributed by atoms with Crippen LogP contribution in [0.25, 0.3) is 11.4 Å². The van der Waals surface area contributed by atoms with Gasteiger partial charge in [-0.05, 0) is 62.2 Å². The average molecular weight is 477 g/mol. The van der Waals surface area contributed by atoms with Crippen LogP contribution in [0, 0.1) is 18.6 Å². The molecule has 0 spiro atoms. The van der Waals surface area contributed by atoms with Gasteiger partial charge in [-0.3, -0.25) is 4.98 Å². The van der Waals surface area contributed by atoms with Gasteiger partial charge in [-0.15, -0.1) is 0 Å². The van der Waals surface area contributed by atoms with Crippen LogP contribution < -0.4 is 4.90 Å². The molecule has 0 aliphatic carbocycles. The van der Waals surface area contributed by atoms with Crippen LogP contribution in [-0.4, -0.2) is 21.5 Å². The van der Waals surface area contributed by atoms with Gasteiger partial charge in [0.05, 0.1) is 11.4 Å². The summed E-state index contributed by atoms with van der Waals surface area (Å²) in [6, 6.07) is 7.51. The molecule has 5 nitrogen and oxygen atoms in total. The van der Waals surface area contributed by atoms with Crippen LogP contribution in [0.5, 0.6) is 0 Å². The Balaban J connectivity index is 1.56. The maximum Gasteiger partial charge on any atom is 0.134 e. The van der Waals surface area contributed by atoms with Crippen LogP contribution in [0.4, 0.5) is 14.5 Å². The fraction of sp³-hybridized carbons (Fsp3) is 0.321. The van der Waals surface area contributed by atoms with E-state index >= 15 is 0 Å². The van der Waals surface area contributed by atoms with Crippen molar-refractivity contribution in [1.82, 2.24) is 15.0 Å². The van der Waals surface area contributed by atoms with E-state index in [-0.39, 0.29) is 12.0 Å². The molecular weight excluding hydrogens is 446 g/mol. The Morgan fingerprint density at radius 3 is 2.51 bits per heavy atom. The number of aromatic nitrogens is 3. The molecule has 0 unspecified atom stereocenters. The van der Waals surface area contributed by atoms with Crippen LogP contribution >= 0.6 is 0 Å². The number of benzene rings is 1. The first-order chi connectivity index (χ1) is 16.5. The summed E-state index contributed by atoms with van der Waals surface area (Å²) < 4.78 is 33.1. The molecule has 3 heterocycles. The summed E-state index contributed by atoms with van der Waals surface area (Å²) in [6.07, 6.45) is 5.58. The lowest BCUT2D eigenvalue weighted by molar-refractivity contribution is 0.202. The van der Waals surface area contributed by atoms with Crippen molar-refractivity contribution in [2.45, 2.75) is 53.6 Å². The van der Waals surface area contributed by atoms with Gasteiger partial charge in [-0.25, -0.2) is 18.7 Å². The lowest BCUT2D eigenvalue weighted by atomic mass is 9.95. The van der Waals surface area contributed by atoms with E-state index in [0.29, 0.717) is 17.9 Å². The number of anilines is 1. The van der Waals surface area contributed by atoms with Gasteiger partial charge in [0.15, 0.2) is 0 Å². The molecule has 0 bridgehead atoms. The van der Waals surface area contributed by atoms with Gasteiger partial charge >= 0.3 is 0 Å². The van der Waals surface area contributed by atoms with E-state index in [2.05, 4.69) is 35.6 Å². The van der Waals surface area contributed by atoms with E-state index < -0.39 is 11.6 Å². The van der Waals surface area contributed by atoms with Crippen molar-refractivity contribution in [1.29, 1.82) is 0 Å². The standard InChI is InChI=1S/C28H30F2N4O/c1-17-14-32-27(28(4,5)6)33-26(17)24-13-22(9-10-31-24)34-15-18(2)25(11-19(34)3)35-16-20-7-8-21(29)12-23(20)30/h7-14H,15-16H2,1-6H3. The molecule has 0 atom stereocenters. The molecule has 35 heavy (non-hydrogen) atoms. The summed E-state index contributed by atoms with van der Waals surface area (Å²) in [6.45, 7) is 12.9. The molecular formula is C28H30F2N4O. The monoisotopic (exact) mass is 476 g/mol. The minimum atomic E-state index is -0.611. The molecule has 0 N–H and O–H groups in total. The van der Waals surface area contributed by atoms with E-state index in [9.17, 15) is 8.78 Å². The highest BCUT2D eigenvalue weighted by Gasteiger charge is 2.22. The topological polar surface area (TPSA) is 51.1 Å². The molecule has 182 valence electrons. The fourth-order valence-corrected chi connectivity index (χ4v) is 3.86. The Bertz CT molecular complexity index is 1320. The molecule has 1 aromatic carbocycles. The van der Waals surface area contributed by atoms with Crippen LogP contribution in [0.3, 0.4) is 0 Å². The molecule has 0 saturated heterocycles. The zero-order valence-electron chi connectivity index (χ0n) is 21.0. The lowest BCUT2D eigenvalue weighted by Crippen LogP contribution is -2.27. The normalized spacial score (nSPS) is 14.3. The minimum Gasteiger partial charge on any atom is -0.489 e. The van der Waals surface area contributed by atoms with Crippen molar-refractivity contribution in [2.24, 2.45) is 0 Å². The maximum absolute atomic E-state index is 14.0. The second kappa shape index (κ2) is 9.56. The lowest BCUT2D eigenvalue weighted by Gasteiger charge is -2.31. The second-order valence-electron chi connectivity index (χ2n) is 9.92. The van der Waals surface area contributed by atoms with Crippen LogP contribution in [-0.2, 0) is 16.8 Å². The minimum absolute atomic E-state index is 0.0328. The van der Waals surface area contributed by atoms with Gasteiger partial charge in [0, 0.05) is 47.4 Å². The quantitative estimate of drug-likeness (QED) is 0.413. The zero-order valence-corrected chi connectivity index (χ0v) is 21.0. The Labute approximate surface area is 205 Å². The van der Waals surface area contributed by atoms with Gasteiger partial charge < -0.3 is 9.64 Å². The number of allylic oxidation sites excluding steroid dienone is 2. The molecule has 7 heteroatoms. The van der Waals surface area contributed by atoms with Crippen molar-refractivity contribution in [3.63, 3.8) is 0 Å². The van der Waals surface area contributed by atoms with Gasteiger partial charge in [0.2, 0.25) is 0 Å². The predicted molar refractivity (Wildman–Crippen MR) is 134 cm³/mol. The summed E-state index contributed by atoms with van der Waals surface area (Å²) in [5, 5.41) is 0. The number of halogens is 2. The first-order valence-electron chi connectivity index (χ1n) is 11.6. The van der Waals surface area contributed by atoms with E-state index in [1.54, 1.807) is 6.20 Å². The summed E-state index contributed by atoms with van der Waals surface area (Å²) in [5.74, 6) is 0.255. The van der Waals surface area contributed by atoms with Gasteiger partial charge in [0.25, 0.3) is 0 Å². The number of hydrogen-bond acceptors (Lipinski definition) is 5. The van der Waals surface area contributed by atoms with Gasteiger partial charge in [-0.2, -0.15) is 0 Å². The second-order valence-corrected chi connectivity index (χ2v) is 9.92. The van der Waals surface area contributed by atoms with Crippen LogP contribution in [0.15, 0.2) is 65.8 Å². The number of aryl methyl sites for hydroxylation is 1. The molecule has 0 saturated carbocycles. The van der Waals surface area contributed by atoms with Crippen molar-refractivity contribution >= 4 is 5.69 Å². The maximum atomic E-state index is 14.0. The summed E-state index contributed by atoms with van der Waals surface area (Å²) in [5.41, 5.74) is 5.70. The third-order valence-corrected chi connectivity index (χ3v) is 5.92. The number of ether oxygens (including phenoxy) is 1. The Morgan fingerprint density at radius 1 is 1.03 bits per heavy atom. The highest BCUT2D eigenvalue weighted by atomic mass is 19.1. The number of hydrogen-bond donors (Lipinski definition) is 0. The first-order valence-corrected chi connectivity index (χ1v) is 11.6. The molecule has 2 aromatic heterocycles. The third kappa shape index (κ3) is 5.39. The van der Waals surface area contributed by atoms with E-state index in [0.717, 1.165) is 45.8 Å². The SMILES string of the molecule is CC1=CC(OCc2ccc(F)cc2F)=C(C)CN1c1ccnc(-c2nc(C(C)(C)C)ncc2C)c1. The summed E-state index contributed by atoms with van der Waals surface area (Å²) >= 11 is 0. The van der Waals surface area contributed by atoms with Crippen molar-refractivity contribution in [3.8, 4) is 11.4 Å². The highest BCUT2D eigenvalue weighted by molar-refractivity contribution is 5.66. The number of rotatable bonds is 5. The largest absolute Gasteiger partial charge is 0.489 e. The first kappa shape index (κ1) is 24.5. The summed E-state index contributed by atoms with van der Waals surface area (Å²) in [7, 11) is 0. The Morgan fingerprint density at radius 2 is 1.80 bits per heavy atom. The van der Waals surface area contributed by atoms with Crippen molar-refractivity contribution in [3.05, 3.63) is 94.4 Å². The van der Waals surface area contributed by atoms with Crippen LogP contribution in [0.1, 0.15) is 51.6 Å². The predicted octanol–water partition coefficient (Wildman–Crippen LogP) is 6.64. The average Bonchev–Trinajstić information content (AvgIpc) is 2.80. The third-order valence-electron chi connectivity index (χ3n) is 5.92. The number of pyridine rings is 1. The van der Waals surface area contributed by atoms with Crippen molar-refractivity contribution in [2.75, 3.05) is 11.4 Å². The smallest absolute Gasteiger partial charge is 0.134 e. The molecule has 3 aromatic rings. The highest BCUT2D eigenvalue weighted by Crippen LogP contribution is 2.31. The van der Waals surface area contributed by atoms with Crippen molar-refractivity contribution < 1.29 is 13.5 Å². The molecule has 1 aliphatic rings. The molecule has 0 amide bonds. The van der Waals surface area contributed by atoms with E-state index in [4.69, 9.17) is 9.72 Å². The van der Waals surface area contributed by atoms with Gasteiger partial charge in [0.1, 0.15) is 29.8 Å². The molecule has 4 rings (SSSR count). The zero-order chi connectivity index (χ0) is 25.3. The fourth-order valence-electron chi connectivity index (χ4n) is 3.86. The number of nitrogens with zero attached hydrogens (tertiary/aromatic N) is 4. The van der Waals surface area contributed by atoms with E-state index in [1.807, 2.05) is 45.2 Å². The van der Waals surface area contributed by atoms with E-state index in [1.165, 1.54) is 12.1 Å². The Kier molecular flexibility index (Phi) is 6.70. The van der Waals surface area contributed by atoms with Crippen LogP contribution in [0.2, 0.25) is 0 Å². The Hall–Kier alpha value is -3.61. The molecule has 0 fully saturated rings. The molecule has 1 aliphatic heterocycles. The van der Waals surface area contributed by atoms with Gasteiger partial charge in [-0.1, -0.05) is 20.8 Å². The molecule has 0 radical (unpaired) electrons. The summed E-state index contributed by atoms with van der Waals surface area (Å²) in [4.78, 5) is 16.1.